The van der Waals surface area contributed by atoms with E-state index in [4.69, 9.17) is 4.74 Å². The first-order chi connectivity index (χ1) is 12.3. The fraction of sp³-hybridized carbons (Fsp3) is 0.450. The molecule has 0 radical (unpaired) electrons. The molecule has 25 heavy (non-hydrogen) atoms. The molecule has 0 spiro atoms. The Morgan fingerprint density at radius 1 is 1.20 bits per heavy atom. The molecule has 0 saturated heterocycles. The lowest BCUT2D eigenvalue weighted by Gasteiger charge is -2.28. The molecular formula is C20H26N2O2S. The van der Waals surface area contributed by atoms with Crippen LogP contribution in [0.3, 0.4) is 0 Å². The summed E-state index contributed by atoms with van der Waals surface area (Å²) in [5, 5.41) is 9.27. The van der Waals surface area contributed by atoms with Gasteiger partial charge in [0.05, 0.1) is 25.5 Å². The van der Waals surface area contributed by atoms with Crippen LogP contribution < -0.4 is 0 Å². The average molecular weight is 359 g/mol. The molecule has 134 valence electrons. The van der Waals surface area contributed by atoms with E-state index in [9.17, 15) is 5.11 Å². The quantitative estimate of drug-likeness (QED) is 0.580. The van der Waals surface area contributed by atoms with Crippen molar-refractivity contribution in [2.75, 3.05) is 32.1 Å². The van der Waals surface area contributed by atoms with Crippen molar-refractivity contribution in [3.05, 3.63) is 58.9 Å². The Labute approximate surface area is 154 Å². The summed E-state index contributed by atoms with van der Waals surface area (Å²) >= 11 is 1.76. The Morgan fingerprint density at radius 3 is 2.88 bits per heavy atom. The van der Waals surface area contributed by atoms with Crippen LogP contribution in [0.1, 0.15) is 22.4 Å². The molecule has 4 nitrogen and oxygen atoms in total. The maximum Gasteiger partial charge on any atom is 0.0856 e. The maximum absolute atomic E-state index is 9.27. The number of hydrogen-bond donors (Lipinski definition) is 1. The minimum atomic E-state index is -0.00427. The van der Waals surface area contributed by atoms with Crippen molar-refractivity contribution in [3.63, 3.8) is 0 Å². The largest absolute Gasteiger partial charge is 0.390 e. The van der Waals surface area contributed by atoms with Crippen molar-refractivity contribution in [2.24, 2.45) is 0 Å². The summed E-state index contributed by atoms with van der Waals surface area (Å²) < 4.78 is 5.82. The van der Waals surface area contributed by atoms with Gasteiger partial charge in [-0.3, -0.25) is 9.88 Å². The zero-order valence-electron chi connectivity index (χ0n) is 14.8. The minimum Gasteiger partial charge on any atom is -0.390 e. The molecule has 1 aliphatic heterocycles. The first kappa shape index (κ1) is 18.4. The number of nitrogens with zero attached hydrogens (tertiary/aromatic N) is 2. The first-order valence-corrected chi connectivity index (χ1v) is 9.81. The number of rotatable bonds is 8. The Kier molecular flexibility index (Phi) is 6.87. The fourth-order valence-electron chi connectivity index (χ4n) is 3.13. The van der Waals surface area contributed by atoms with Crippen LogP contribution in [0.4, 0.5) is 0 Å². The second-order valence-electron chi connectivity index (χ2n) is 6.29. The molecule has 3 rings (SSSR count). The highest BCUT2D eigenvalue weighted by Crippen LogP contribution is 2.23. The van der Waals surface area contributed by atoms with Crippen molar-refractivity contribution in [3.8, 4) is 0 Å². The van der Waals surface area contributed by atoms with Crippen LogP contribution in [0.15, 0.2) is 41.4 Å². The summed E-state index contributed by atoms with van der Waals surface area (Å²) in [7, 11) is 0. The molecular weight excluding hydrogens is 332 g/mol. The molecule has 0 amide bonds. The summed E-state index contributed by atoms with van der Waals surface area (Å²) in [5.74, 6) is 0.915. The number of benzene rings is 1. The predicted octanol–water partition coefficient (Wildman–Crippen LogP) is 3.05. The summed E-state index contributed by atoms with van der Waals surface area (Å²) in [4.78, 5) is 7.83. The minimum absolute atomic E-state index is 0.00427. The lowest BCUT2D eigenvalue weighted by molar-refractivity contribution is 0.110. The van der Waals surface area contributed by atoms with E-state index in [0.29, 0.717) is 0 Å². The van der Waals surface area contributed by atoms with Gasteiger partial charge in [-0.2, -0.15) is 0 Å². The van der Waals surface area contributed by atoms with E-state index in [1.165, 1.54) is 16.0 Å². The molecule has 1 aliphatic rings. The van der Waals surface area contributed by atoms with E-state index in [2.05, 4.69) is 34.1 Å². The number of ether oxygens (including phenoxy) is 1. The van der Waals surface area contributed by atoms with Gasteiger partial charge < -0.3 is 9.84 Å². The molecule has 0 fully saturated rings. The fourth-order valence-corrected chi connectivity index (χ4v) is 4.04. The van der Waals surface area contributed by atoms with Crippen LogP contribution in [0.2, 0.25) is 0 Å². The highest BCUT2D eigenvalue weighted by atomic mass is 32.2. The summed E-state index contributed by atoms with van der Waals surface area (Å²) in [6.07, 6.45) is 2.90. The number of aliphatic hydroxyl groups excluding tert-OH is 1. The summed E-state index contributed by atoms with van der Waals surface area (Å²) in [5.41, 5.74) is 4.78. The molecule has 5 heteroatoms. The molecule has 2 aromatic rings. The maximum atomic E-state index is 9.27. The van der Waals surface area contributed by atoms with Gasteiger partial charge in [0.2, 0.25) is 0 Å². The number of fused-ring (bicyclic) bond motifs is 1. The number of thioether (sulfide) groups is 1. The Hall–Kier alpha value is -1.40. The molecule has 1 N–H and O–H groups in total. The van der Waals surface area contributed by atoms with Crippen LogP contribution in [0.5, 0.6) is 0 Å². The Balaban J connectivity index is 1.33. The van der Waals surface area contributed by atoms with Crippen molar-refractivity contribution in [1.29, 1.82) is 0 Å². The number of aromatic nitrogens is 1. The molecule has 0 bridgehead atoms. The molecule has 1 aromatic carbocycles. The van der Waals surface area contributed by atoms with Gasteiger partial charge in [0.15, 0.2) is 0 Å². The smallest absolute Gasteiger partial charge is 0.0856 e. The van der Waals surface area contributed by atoms with Gasteiger partial charge in [0.1, 0.15) is 0 Å². The normalized spacial score (nSPS) is 14.5. The lowest BCUT2D eigenvalue weighted by atomic mass is 10.0. The van der Waals surface area contributed by atoms with Crippen LogP contribution in [0, 0.1) is 6.92 Å². The Bertz CT molecular complexity index is 693. The van der Waals surface area contributed by atoms with Crippen LogP contribution >= 0.6 is 11.8 Å². The monoisotopic (exact) mass is 358 g/mol. The molecule has 0 atom stereocenters. The van der Waals surface area contributed by atoms with Crippen LogP contribution in [-0.2, 0) is 24.3 Å². The zero-order chi connectivity index (χ0) is 17.5. The third kappa shape index (κ3) is 5.05. The highest BCUT2D eigenvalue weighted by Gasteiger charge is 2.14. The van der Waals surface area contributed by atoms with Crippen molar-refractivity contribution in [1.82, 2.24) is 9.88 Å². The van der Waals surface area contributed by atoms with E-state index in [0.717, 1.165) is 56.3 Å². The molecule has 2 heterocycles. The standard InChI is InChI=1S/C20H26N2O2S/c1-16-19(15-23)21-8-6-20(16)25-13-12-24-11-10-22-9-7-17-4-2-3-5-18(17)14-22/h2-6,8,23H,7,9-15H2,1H3. The summed E-state index contributed by atoms with van der Waals surface area (Å²) in [6.45, 7) is 6.67. The van der Waals surface area contributed by atoms with Gasteiger partial charge >= 0.3 is 0 Å². The van der Waals surface area contributed by atoms with Gasteiger partial charge in [-0.15, -0.1) is 11.8 Å². The molecule has 0 aliphatic carbocycles. The lowest BCUT2D eigenvalue weighted by Crippen LogP contribution is -2.33. The zero-order valence-corrected chi connectivity index (χ0v) is 15.6. The third-order valence-electron chi connectivity index (χ3n) is 4.66. The summed E-state index contributed by atoms with van der Waals surface area (Å²) in [6, 6.07) is 10.7. The van der Waals surface area contributed by atoms with E-state index >= 15 is 0 Å². The first-order valence-electron chi connectivity index (χ1n) is 8.83. The van der Waals surface area contributed by atoms with E-state index < -0.39 is 0 Å². The third-order valence-corrected chi connectivity index (χ3v) is 5.78. The average Bonchev–Trinajstić information content (AvgIpc) is 2.65. The van der Waals surface area contributed by atoms with Crippen molar-refractivity contribution < 1.29 is 9.84 Å². The van der Waals surface area contributed by atoms with E-state index in [1.807, 2.05) is 13.0 Å². The van der Waals surface area contributed by atoms with Gasteiger partial charge in [0, 0.05) is 36.5 Å². The Morgan fingerprint density at radius 2 is 2.04 bits per heavy atom. The predicted molar refractivity (Wildman–Crippen MR) is 102 cm³/mol. The molecule has 0 unspecified atom stereocenters. The second-order valence-corrected chi connectivity index (χ2v) is 7.43. The van der Waals surface area contributed by atoms with Crippen molar-refractivity contribution >= 4 is 11.8 Å². The second kappa shape index (κ2) is 9.34. The number of hydrogen-bond acceptors (Lipinski definition) is 5. The van der Waals surface area contributed by atoms with Crippen molar-refractivity contribution in [2.45, 2.75) is 31.4 Å². The topological polar surface area (TPSA) is 45.6 Å². The van der Waals surface area contributed by atoms with Crippen LogP contribution in [-0.4, -0.2) is 47.0 Å². The van der Waals surface area contributed by atoms with Gasteiger partial charge in [-0.05, 0) is 36.1 Å². The molecule has 1 aromatic heterocycles. The SMILES string of the molecule is Cc1c(SCCOCCN2CCc3ccccc3C2)ccnc1CO. The molecule has 0 saturated carbocycles. The van der Waals surface area contributed by atoms with E-state index in [-0.39, 0.29) is 6.61 Å². The van der Waals surface area contributed by atoms with E-state index in [1.54, 1.807) is 18.0 Å². The van der Waals surface area contributed by atoms with Gasteiger partial charge in [-0.1, -0.05) is 24.3 Å². The number of pyridine rings is 1. The van der Waals surface area contributed by atoms with Gasteiger partial charge in [0.25, 0.3) is 0 Å². The van der Waals surface area contributed by atoms with Gasteiger partial charge in [-0.25, -0.2) is 0 Å². The number of aliphatic hydroxyl groups is 1. The highest BCUT2D eigenvalue weighted by molar-refractivity contribution is 7.99. The van der Waals surface area contributed by atoms with Crippen LogP contribution in [0.25, 0.3) is 0 Å².